The van der Waals surface area contributed by atoms with Crippen molar-refractivity contribution in [1.82, 2.24) is 0 Å². The summed E-state index contributed by atoms with van der Waals surface area (Å²) in [5.74, 6) is -0.273. The largest absolute Gasteiger partial charge is 0.493 e. The van der Waals surface area contributed by atoms with E-state index in [1.807, 2.05) is 6.07 Å². The van der Waals surface area contributed by atoms with E-state index in [4.69, 9.17) is 14.7 Å². The molecule has 0 saturated carbocycles. The van der Waals surface area contributed by atoms with Crippen LogP contribution in [0.3, 0.4) is 0 Å². The molecule has 26 heavy (non-hydrogen) atoms. The molecule has 0 fully saturated rings. The zero-order valence-corrected chi connectivity index (χ0v) is 14.6. The molecule has 1 N–H and O–H groups in total. The Bertz CT molecular complexity index is 857. The van der Waals surface area contributed by atoms with Gasteiger partial charge in [-0.1, -0.05) is 6.07 Å². The summed E-state index contributed by atoms with van der Waals surface area (Å²) in [5, 5.41) is 11.6. The van der Waals surface area contributed by atoms with Gasteiger partial charge in [-0.15, -0.1) is 0 Å². The molecular formula is C19H18N2O5. The highest BCUT2D eigenvalue weighted by Gasteiger charge is 2.18. The van der Waals surface area contributed by atoms with Gasteiger partial charge in [-0.05, 0) is 43.3 Å². The SMILES string of the molecule is COC(=O)c1ccc(OC(C)C(=O)Nc2cccc(C#N)c2)c(OC)c1. The van der Waals surface area contributed by atoms with Crippen LogP contribution in [0.2, 0.25) is 0 Å². The van der Waals surface area contributed by atoms with Gasteiger partial charge in [0.2, 0.25) is 0 Å². The molecule has 0 aliphatic carbocycles. The lowest BCUT2D eigenvalue weighted by molar-refractivity contribution is -0.122. The second kappa shape index (κ2) is 8.53. The lowest BCUT2D eigenvalue weighted by Crippen LogP contribution is -2.30. The van der Waals surface area contributed by atoms with Crippen LogP contribution in [0, 0.1) is 11.3 Å². The molecule has 0 bridgehead atoms. The van der Waals surface area contributed by atoms with E-state index < -0.39 is 12.1 Å². The highest BCUT2D eigenvalue weighted by Crippen LogP contribution is 2.29. The lowest BCUT2D eigenvalue weighted by atomic mass is 10.2. The summed E-state index contributed by atoms with van der Waals surface area (Å²) in [6, 6.07) is 13.1. The van der Waals surface area contributed by atoms with Gasteiger partial charge in [0.05, 0.1) is 31.4 Å². The second-order valence-corrected chi connectivity index (χ2v) is 5.30. The van der Waals surface area contributed by atoms with E-state index in [2.05, 4.69) is 10.1 Å². The first-order chi connectivity index (χ1) is 12.5. The molecule has 134 valence electrons. The number of methoxy groups -OCH3 is 2. The number of anilines is 1. The molecule has 0 aliphatic heterocycles. The van der Waals surface area contributed by atoms with E-state index in [-0.39, 0.29) is 5.91 Å². The third kappa shape index (κ3) is 4.51. The van der Waals surface area contributed by atoms with Gasteiger partial charge < -0.3 is 19.5 Å². The smallest absolute Gasteiger partial charge is 0.337 e. The quantitative estimate of drug-likeness (QED) is 0.801. The summed E-state index contributed by atoms with van der Waals surface area (Å²) in [4.78, 5) is 23.9. The number of hydrogen-bond donors (Lipinski definition) is 1. The predicted molar refractivity (Wildman–Crippen MR) is 94.2 cm³/mol. The van der Waals surface area contributed by atoms with Crippen molar-refractivity contribution in [1.29, 1.82) is 5.26 Å². The average Bonchev–Trinajstić information content (AvgIpc) is 2.67. The predicted octanol–water partition coefficient (Wildman–Crippen LogP) is 2.76. The lowest BCUT2D eigenvalue weighted by Gasteiger charge is -2.17. The number of nitriles is 1. The molecular weight excluding hydrogens is 336 g/mol. The number of esters is 1. The van der Waals surface area contributed by atoms with Crippen LogP contribution in [-0.2, 0) is 9.53 Å². The van der Waals surface area contributed by atoms with Crippen LogP contribution in [0.15, 0.2) is 42.5 Å². The molecule has 1 atom stereocenters. The van der Waals surface area contributed by atoms with E-state index in [0.717, 1.165) is 0 Å². The number of nitrogens with zero attached hydrogens (tertiary/aromatic N) is 1. The zero-order valence-electron chi connectivity index (χ0n) is 14.6. The van der Waals surface area contributed by atoms with Crippen molar-refractivity contribution >= 4 is 17.6 Å². The second-order valence-electron chi connectivity index (χ2n) is 5.30. The molecule has 0 saturated heterocycles. The Kier molecular flexibility index (Phi) is 6.17. The van der Waals surface area contributed by atoms with Gasteiger partial charge in [0.1, 0.15) is 0 Å². The Morgan fingerprint density at radius 1 is 1.12 bits per heavy atom. The molecule has 0 heterocycles. The Hall–Kier alpha value is -3.53. The molecule has 1 amide bonds. The van der Waals surface area contributed by atoms with Crippen molar-refractivity contribution in [2.75, 3.05) is 19.5 Å². The Morgan fingerprint density at radius 3 is 2.54 bits per heavy atom. The van der Waals surface area contributed by atoms with E-state index >= 15 is 0 Å². The van der Waals surface area contributed by atoms with Crippen molar-refractivity contribution in [2.24, 2.45) is 0 Å². The highest BCUT2D eigenvalue weighted by molar-refractivity contribution is 5.94. The first-order valence-electron chi connectivity index (χ1n) is 7.72. The summed E-state index contributed by atoms with van der Waals surface area (Å²) in [6.07, 6.45) is -0.835. The summed E-state index contributed by atoms with van der Waals surface area (Å²) >= 11 is 0. The van der Waals surface area contributed by atoms with Crippen LogP contribution < -0.4 is 14.8 Å². The average molecular weight is 354 g/mol. The number of carbonyl (C=O) groups excluding carboxylic acids is 2. The van der Waals surface area contributed by atoms with Crippen molar-refractivity contribution in [3.05, 3.63) is 53.6 Å². The minimum Gasteiger partial charge on any atom is -0.493 e. The van der Waals surface area contributed by atoms with Gasteiger partial charge >= 0.3 is 5.97 Å². The number of carbonyl (C=O) groups is 2. The van der Waals surface area contributed by atoms with Crippen molar-refractivity contribution in [3.63, 3.8) is 0 Å². The summed E-state index contributed by atoms with van der Waals surface area (Å²) in [7, 11) is 2.72. The molecule has 2 aromatic carbocycles. The molecule has 0 radical (unpaired) electrons. The Morgan fingerprint density at radius 2 is 1.88 bits per heavy atom. The van der Waals surface area contributed by atoms with Crippen molar-refractivity contribution in [2.45, 2.75) is 13.0 Å². The third-order valence-electron chi connectivity index (χ3n) is 3.52. The summed E-state index contributed by atoms with van der Waals surface area (Å²) in [6.45, 7) is 1.58. The van der Waals surface area contributed by atoms with Crippen LogP contribution in [0.1, 0.15) is 22.8 Å². The van der Waals surface area contributed by atoms with E-state index in [0.29, 0.717) is 28.3 Å². The summed E-state index contributed by atoms with van der Waals surface area (Å²) < 4.78 is 15.5. The fourth-order valence-corrected chi connectivity index (χ4v) is 2.16. The van der Waals surface area contributed by atoms with Gasteiger partial charge in [0.15, 0.2) is 17.6 Å². The number of ether oxygens (including phenoxy) is 3. The van der Waals surface area contributed by atoms with Crippen molar-refractivity contribution in [3.8, 4) is 17.6 Å². The van der Waals surface area contributed by atoms with Crippen LogP contribution in [-0.4, -0.2) is 32.2 Å². The number of hydrogen-bond acceptors (Lipinski definition) is 6. The minimum absolute atomic E-state index is 0.305. The fraction of sp³-hybridized carbons (Fsp3) is 0.211. The molecule has 0 spiro atoms. The normalized spacial score (nSPS) is 11.0. The molecule has 7 nitrogen and oxygen atoms in total. The van der Waals surface area contributed by atoms with Crippen LogP contribution in [0.4, 0.5) is 5.69 Å². The number of amides is 1. The molecule has 0 aromatic heterocycles. The van der Waals surface area contributed by atoms with Crippen molar-refractivity contribution < 1.29 is 23.8 Å². The van der Waals surface area contributed by atoms with Crippen LogP contribution >= 0.6 is 0 Å². The molecule has 2 aromatic rings. The number of nitrogens with one attached hydrogen (secondary N) is 1. The van der Waals surface area contributed by atoms with Gasteiger partial charge in [-0.25, -0.2) is 4.79 Å². The molecule has 2 rings (SSSR count). The van der Waals surface area contributed by atoms with Gasteiger partial charge in [0, 0.05) is 5.69 Å². The third-order valence-corrected chi connectivity index (χ3v) is 3.52. The maximum absolute atomic E-state index is 12.3. The van der Waals surface area contributed by atoms with E-state index in [9.17, 15) is 9.59 Å². The fourth-order valence-electron chi connectivity index (χ4n) is 2.16. The van der Waals surface area contributed by atoms with Crippen LogP contribution in [0.5, 0.6) is 11.5 Å². The maximum atomic E-state index is 12.3. The highest BCUT2D eigenvalue weighted by atomic mass is 16.5. The van der Waals surface area contributed by atoms with E-state index in [1.54, 1.807) is 31.2 Å². The standard InChI is InChI=1S/C19H18N2O5/c1-12(18(22)21-15-6-4-5-13(9-15)11-20)26-16-8-7-14(19(23)25-3)10-17(16)24-2/h4-10,12H,1-3H3,(H,21,22). The van der Waals surface area contributed by atoms with Crippen LogP contribution in [0.25, 0.3) is 0 Å². The molecule has 7 heteroatoms. The summed E-state index contributed by atoms with van der Waals surface area (Å²) in [5.41, 5.74) is 1.25. The first kappa shape index (κ1) is 18.8. The maximum Gasteiger partial charge on any atom is 0.337 e. The monoisotopic (exact) mass is 354 g/mol. The minimum atomic E-state index is -0.835. The van der Waals surface area contributed by atoms with Gasteiger partial charge in [-0.3, -0.25) is 4.79 Å². The first-order valence-corrected chi connectivity index (χ1v) is 7.72. The van der Waals surface area contributed by atoms with Gasteiger partial charge in [-0.2, -0.15) is 5.26 Å². The van der Waals surface area contributed by atoms with E-state index in [1.165, 1.54) is 32.4 Å². The zero-order chi connectivity index (χ0) is 19.1. The van der Waals surface area contributed by atoms with Gasteiger partial charge in [0.25, 0.3) is 5.91 Å². The molecule has 1 unspecified atom stereocenters. The topological polar surface area (TPSA) is 97.6 Å². The number of benzene rings is 2. The molecule has 0 aliphatic rings. The number of rotatable bonds is 6. The Balaban J connectivity index is 2.10. The Labute approximate surface area is 151 Å².